The smallest absolute Gasteiger partial charge is 0.222 e. The fourth-order valence-corrected chi connectivity index (χ4v) is 4.68. The van der Waals surface area contributed by atoms with Crippen molar-refractivity contribution in [2.45, 2.75) is 69.9 Å². The Hall–Kier alpha value is -0.870. The number of carbonyl (C=O) groups is 1. The lowest BCUT2D eigenvalue weighted by molar-refractivity contribution is -0.122. The molecule has 0 bridgehead atoms. The number of nitrogens with two attached hydrogens (primary N) is 1. The van der Waals surface area contributed by atoms with E-state index in [4.69, 9.17) is 5.73 Å². The van der Waals surface area contributed by atoms with Crippen molar-refractivity contribution in [3.63, 3.8) is 0 Å². The molecule has 1 saturated carbocycles. The van der Waals surface area contributed by atoms with Crippen LogP contribution < -0.4 is 11.1 Å². The Morgan fingerprint density at radius 3 is 2.80 bits per heavy atom. The highest BCUT2D eigenvalue weighted by Crippen LogP contribution is 2.31. The van der Waals surface area contributed by atoms with Crippen LogP contribution in [0.15, 0.2) is 6.07 Å². The molecule has 1 heterocycles. The lowest BCUT2D eigenvalue weighted by Crippen LogP contribution is -2.45. The Kier molecular flexibility index (Phi) is 4.13. The fourth-order valence-electron chi connectivity index (χ4n) is 3.48. The van der Waals surface area contributed by atoms with E-state index in [1.54, 1.807) is 0 Å². The van der Waals surface area contributed by atoms with Crippen LogP contribution in [0.4, 0.5) is 0 Å². The molecule has 1 fully saturated rings. The lowest BCUT2D eigenvalue weighted by Gasteiger charge is -2.32. The van der Waals surface area contributed by atoms with Crippen LogP contribution in [0.5, 0.6) is 0 Å². The molecule has 1 aromatic rings. The first-order valence-corrected chi connectivity index (χ1v) is 8.62. The average Bonchev–Trinajstić information content (AvgIpc) is 2.97. The molecule has 0 aromatic carbocycles. The Morgan fingerprint density at radius 1 is 1.25 bits per heavy atom. The summed E-state index contributed by atoms with van der Waals surface area (Å²) in [4.78, 5) is 14.9. The molecule has 2 aliphatic carbocycles. The third-order valence-electron chi connectivity index (χ3n) is 4.62. The Bertz CT molecular complexity index is 467. The van der Waals surface area contributed by atoms with Crippen LogP contribution in [0, 0.1) is 0 Å². The first-order chi connectivity index (χ1) is 9.65. The van der Waals surface area contributed by atoms with Gasteiger partial charge in [-0.1, -0.05) is 19.3 Å². The van der Waals surface area contributed by atoms with Crippen molar-refractivity contribution >= 4 is 17.2 Å². The molecule has 4 heteroatoms. The van der Waals surface area contributed by atoms with Crippen molar-refractivity contribution in [1.82, 2.24) is 5.32 Å². The summed E-state index contributed by atoms with van der Waals surface area (Å²) in [6.07, 6.45) is 9.80. The molecule has 3 N–H and O–H groups in total. The minimum Gasteiger partial charge on any atom is -0.351 e. The monoisotopic (exact) mass is 292 g/mol. The molecule has 1 amide bonds. The number of carbonyl (C=O) groups excluding carboxylic acids is 1. The minimum atomic E-state index is -0.250. The number of aryl methyl sites for hydroxylation is 2. The number of thiophene rings is 1. The third kappa shape index (κ3) is 3.23. The fraction of sp³-hybridized carbons (Fsp3) is 0.688. The van der Waals surface area contributed by atoms with Crippen molar-refractivity contribution in [3.05, 3.63) is 21.4 Å². The SMILES string of the molecule is NC1(CC(=O)NCc2cc3c(s2)CCC3)CCCCC1. The van der Waals surface area contributed by atoms with Gasteiger partial charge in [-0.3, -0.25) is 4.79 Å². The zero-order valence-electron chi connectivity index (χ0n) is 12.0. The quantitative estimate of drug-likeness (QED) is 0.896. The first-order valence-electron chi connectivity index (χ1n) is 7.81. The lowest BCUT2D eigenvalue weighted by atomic mass is 9.80. The summed E-state index contributed by atoms with van der Waals surface area (Å²) in [6, 6.07) is 2.27. The zero-order chi connectivity index (χ0) is 14.0. The van der Waals surface area contributed by atoms with Crippen LogP contribution in [-0.4, -0.2) is 11.4 Å². The van der Waals surface area contributed by atoms with Crippen LogP contribution >= 0.6 is 11.3 Å². The van der Waals surface area contributed by atoms with Crippen molar-refractivity contribution in [2.75, 3.05) is 0 Å². The summed E-state index contributed by atoms with van der Waals surface area (Å²) >= 11 is 1.86. The van der Waals surface area contributed by atoms with E-state index < -0.39 is 0 Å². The van der Waals surface area contributed by atoms with E-state index in [9.17, 15) is 4.79 Å². The molecule has 0 atom stereocenters. The van der Waals surface area contributed by atoms with E-state index in [1.165, 1.54) is 53.8 Å². The van der Waals surface area contributed by atoms with Gasteiger partial charge in [0.05, 0.1) is 6.54 Å². The summed E-state index contributed by atoms with van der Waals surface area (Å²) < 4.78 is 0. The van der Waals surface area contributed by atoms with Gasteiger partial charge in [-0.15, -0.1) is 11.3 Å². The number of nitrogens with one attached hydrogen (secondary N) is 1. The minimum absolute atomic E-state index is 0.114. The molecular weight excluding hydrogens is 268 g/mol. The largest absolute Gasteiger partial charge is 0.351 e. The standard InChI is InChI=1S/C16H24N2OS/c17-16(7-2-1-3-8-16)10-15(19)18-11-13-9-12-5-4-6-14(12)20-13/h9H,1-8,10-11,17H2,(H,18,19). The van der Waals surface area contributed by atoms with E-state index in [-0.39, 0.29) is 11.4 Å². The summed E-state index contributed by atoms with van der Waals surface area (Å²) in [5, 5.41) is 3.05. The molecule has 110 valence electrons. The maximum absolute atomic E-state index is 12.1. The number of amides is 1. The normalized spacial score (nSPS) is 20.6. The van der Waals surface area contributed by atoms with E-state index >= 15 is 0 Å². The molecule has 0 aliphatic heterocycles. The topological polar surface area (TPSA) is 55.1 Å². The van der Waals surface area contributed by atoms with Crippen LogP contribution in [0.2, 0.25) is 0 Å². The van der Waals surface area contributed by atoms with Gasteiger partial charge in [0.15, 0.2) is 0 Å². The highest BCUT2D eigenvalue weighted by Gasteiger charge is 2.29. The molecule has 20 heavy (non-hydrogen) atoms. The van der Waals surface area contributed by atoms with Crippen molar-refractivity contribution in [3.8, 4) is 0 Å². The second kappa shape index (κ2) is 5.86. The Labute approximate surface area is 124 Å². The van der Waals surface area contributed by atoms with Gasteiger partial charge in [0.2, 0.25) is 5.91 Å². The van der Waals surface area contributed by atoms with E-state index in [0.29, 0.717) is 13.0 Å². The van der Waals surface area contributed by atoms with Crippen LogP contribution in [0.3, 0.4) is 0 Å². The van der Waals surface area contributed by atoms with Gasteiger partial charge in [-0.05, 0) is 43.7 Å². The molecule has 3 nitrogen and oxygen atoms in total. The maximum atomic E-state index is 12.1. The highest BCUT2D eigenvalue weighted by atomic mass is 32.1. The van der Waals surface area contributed by atoms with Crippen molar-refractivity contribution < 1.29 is 4.79 Å². The first kappa shape index (κ1) is 14.1. The van der Waals surface area contributed by atoms with Gasteiger partial charge in [0, 0.05) is 21.7 Å². The second-order valence-electron chi connectivity index (χ2n) is 6.39. The van der Waals surface area contributed by atoms with Gasteiger partial charge < -0.3 is 11.1 Å². The van der Waals surface area contributed by atoms with E-state index in [2.05, 4.69) is 11.4 Å². The summed E-state index contributed by atoms with van der Waals surface area (Å²) in [5.41, 5.74) is 7.58. The molecule has 0 saturated heterocycles. The Morgan fingerprint density at radius 2 is 2.05 bits per heavy atom. The number of fused-ring (bicyclic) bond motifs is 1. The number of rotatable bonds is 4. The average molecular weight is 292 g/mol. The van der Waals surface area contributed by atoms with Gasteiger partial charge in [0.25, 0.3) is 0 Å². The van der Waals surface area contributed by atoms with Crippen molar-refractivity contribution in [1.29, 1.82) is 0 Å². The van der Waals surface area contributed by atoms with Crippen LogP contribution in [0.25, 0.3) is 0 Å². The molecule has 0 spiro atoms. The predicted molar refractivity (Wildman–Crippen MR) is 82.8 cm³/mol. The van der Waals surface area contributed by atoms with Gasteiger partial charge >= 0.3 is 0 Å². The van der Waals surface area contributed by atoms with Gasteiger partial charge in [-0.2, -0.15) is 0 Å². The van der Waals surface area contributed by atoms with Gasteiger partial charge in [-0.25, -0.2) is 0 Å². The zero-order valence-corrected chi connectivity index (χ0v) is 12.9. The van der Waals surface area contributed by atoms with E-state index in [0.717, 1.165) is 12.8 Å². The molecule has 1 aromatic heterocycles. The van der Waals surface area contributed by atoms with Gasteiger partial charge in [0.1, 0.15) is 0 Å². The second-order valence-corrected chi connectivity index (χ2v) is 7.61. The van der Waals surface area contributed by atoms with Crippen LogP contribution in [-0.2, 0) is 24.2 Å². The number of hydrogen-bond acceptors (Lipinski definition) is 3. The highest BCUT2D eigenvalue weighted by molar-refractivity contribution is 7.12. The van der Waals surface area contributed by atoms with E-state index in [1.807, 2.05) is 11.3 Å². The third-order valence-corrected chi connectivity index (χ3v) is 5.86. The molecule has 0 radical (unpaired) electrons. The predicted octanol–water partition coefficient (Wildman–Crippen LogP) is 2.90. The Balaban J connectivity index is 1.49. The maximum Gasteiger partial charge on any atom is 0.222 e. The molecule has 3 rings (SSSR count). The summed E-state index contributed by atoms with van der Waals surface area (Å²) in [6.45, 7) is 0.673. The molecular formula is C16H24N2OS. The van der Waals surface area contributed by atoms with Crippen molar-refractivity contribution in [2.24, 2.45) is 5.73 Å². The molecule has 2 aliphatic rings. The number of hydrogen-bond donors (Lipinski definition) is 2. The van der Waals surface area contributed by atoms with Crippen LogP contribution in [0.1, 0.15) is 60.3 Å². The summed E-state index contributed by atoms with van der Waals surface area (Å²) in [5.74, 6) is 0.114. The summed E-state index contributed by atoms with van der Waals surface area (Å²) in [7, 11) is 0. The molecule has 0 unspecified atom stereocenters.